The Morgan fingerprint density at radius 3 is 2.33 bits per heavy atom. The van der Waals surface area contributed by atoms with Gasteiger partial charge in [-0.2, -0.15) is 0 Å². The number of carbonyl (C=O) groups excluding carboxylic acids is 1. The number of hydrogen-bond acceptors (Lipinski definition) is 6. The molecule has 3 aliphatic heterocycles. The highest BCUT2D eigenvalue weighted by molar-refractivity contribution is 6.30. The first-order valence-corrected chi connectivity index (χ1v) is 11.4. The van der Waals surface area contributed by atoms with E-state index in [2.05, 4.69) is 14.9 Å². The Morgan fingerprint density at radius 1 is 1.13 bits per heavy atom. The van der Waals surface area contributed by atoms with Gasteiger partial charge in [-0.05, 0) is 64.7 Å². The highest BCUT2D eigenvalue weighted by atomic mass is 35.5. The van der Waals surface area contributed by atoms with Crippen molar-refractivity contribution < 1.29 is 14.3 Å². The number of piperidine rings is 2. The summed E-state index contributed by atoms with van der Waals surface area (Å²) in [6.07, 6.45) is 8.55. The predicted molar refractivity (Wildman–Crippen MR) is 116 cm³/mol. The number of fused-ring (bicyclic) bond motifs is 2. The van der Waals surface area contributed by atoms with Crippen LogP contribution in [0.25, 0.3) is 0 Å². The molecule has 3 saturated heterocycles. The molecule has 1 aromatic rings. The number of hydrogen-bond donors (Lipinski definition) is 0. The Labute approximate surface area is 184 Å². The van der Waals surface area contributed by atoms with E-state index in [0.29, 0.717) is 34.9 Å². The van der Waals surface area contributed by atoms with E-state index in [9.17, 15) is 4.79 Å². The van der Waals surface area contributed by atoms with Gasteiger partial charge in [0.1, 0.15) is 5.60 Å². The molecule has 0 N–H and O–H groups in total. The van der Waals surface area contributed by atoms with E-state index in [-0.39, 0.29) is 12.2 Å². The summed E-state index contributed by atoms with van der Waals surface area (Å²) in [6.45, 7) is 7.49. The second-order valence-electron chi connectivity index (χ2n) is 9.88. The van der Waals surface area contributed by atoms with E-state index in [4.69, 9.17) is 21.1 Å². The summed E-state index contributed by atoms with van der Waals surface area (Å²) in [5.41, 5.74) is -0.453. The van der Waals surface area contributed by atoms with Crippen molar-refractivity contribution in [1.29, 1.82) is 0 Å². The highest BCUT2D eigenvalue weighted by Crippen LogP contribution is 2.45. The first-order chi connectivity index (χ1) is 14.2. The van der Waals surface area contributed by atoms with Gasteiger partial charge in [0.2, 0.25) is 5.95 Å². The number of anilines is 1. The molecular weight excluding hydrogens is 404 g/mol. The first kappa shape index (κ1) is 21.6. The van der Waals surface area contributed by atoms with Gasteiger partial charge < -0.3 is 19.3 Å². The zero-order valence-corrected chi connectivity index (χ0v) is 19.1. The molecule has 4 rings (SSSR count). The Hall–Kier alpha value is -1.60. The lowest BCUT2D eigenvalue weighted by molar-refractivity contribution is -0.0266. The Morgan fingerprint density at radius 2 is 1.77 bits per heavy atom. The van der Waals surface area contributed by atoms with E-state index in [1.807, 2.05) is 25.7 Å². The van der Waals surface area contributed by atoms with Crippen LogP contribution in [0.4, 0.5) is 10.7 Å². The molecule has 4 heterocycles. The van der Waals surface area contributed by atoms with Gasteiger partial charge >= 0.3 is 6.09 Å². The van der Waals surface area contributed by atoms with Crippen LogP contribution in [-0.4, -0.2) is 64.9 Å². The maximum atomic E-state index is 12.8. The molecule has 2 bridgehead atoms. The van der Waals surface area contributed by atoms with Crippen molar-refractivity contribution in [3.05, 3.63) is 17.4 Å². The SMILES string of the molecule is CO[C@@H]1CN(c2ncc(Cl)cn2)CC[C@@H]1C1CC2CCC(C1)N2C(=O)OC(C)(C)C. The highest BCUT2D eigenvalue weighted by Gasteiger charge is 2.48. The standard InChI is InChI=1S/C22H33ClN4O3/c1-22(2,3)30-21(28)27-16-5-6-17(27)10-14(9-16)18-7-8-26(13-19(18)29-4)20-24-11-15(23)12-25-20/h11-12,14,16-19H,5-10,13H2,1-4H3/t14?,16?,17?,18-,19-/m1/s1. The van der Waals surface area contributed by atoms with Crippen LogP contribution < -0.4 is 4.90 Å². The minimum absolute atomic E-state index is 0.135. The third-order valence-electron chi connectivity index (χ3n) is 6.78. The number of amides is 1. The van der Waals surface area contributed by atoms with Crippen molar-refractivity contribution in [3.63, 3.8) is 0 Å². The molecule has 3 aliphatic rings. The van der Waals surface area contributed by atoms with Crippen molar-refractivity contribution in [2.45, 2.75) is 76.7 Å². The molecule has 1 amide bonds. The number of nitrogens with zero attached hydrogens (tertiary/aromatic N) is 4. The number of ether oxygens (including phenoxy) is 2. The minimum atomic E-state index is -0.453. The fourth-order valence-electron chi connectivity index (χ4n) is 5.56. The zero-order valence-electron chi connectivity index (χ0n) is 18.4. The zero-order chi connectivity index (χ0) is 21.5. The summed E-state index contributed by atoms with van der Waals surface area (Å²) < 4.78 is 11.6. The van der Waals surface area contributed by atoms with Crippen LogP contribution in [0.1, 0.15) is 52.9 Å². The molecule has 0 spiro atoms. The normalized spacial score (nSPS) is 31.7. The lowest BCUT2D eigenvalue weighted by Crippen LogP contribution is -2.53. The second-order valence-corrected chi connectivity index (χ2v) is 10.3. The van der Waals surface area contributed by atoms with E-state index in [0.717, 1.165) is 45.2 Å². The summed E-state index contributed by atoms with van der Waals surface area (Å²) >= 11 is 5.93. The van der Waals surface area contributed by atoms with Gasteiger partial charge in [-0.3, -0.25) is 0 Å². The summed E-state index contributed by atoms with van der Waals surface area (Å²) in [5, 5.41) is 0.546. The molecule has 3 fully saturated rings. The van der Waals surface area contributed by atoms with Gasteiger partial charge in [0.05, 0.1) is 23.5 Å². The maximum Gasteiger partial charge on any atom is 0.410 e. The molecule has 0 aromatic carbocycles. The van der Waals surface area contributed by atoms with E-state index in [1.54, 1.807) is 19.5 Å². The van der Waals surface area contributed by atoms with Gasteiger partial charge in [0, 0.05) is 32.3 Å². The second kappa shape index (κ2) is 8.50. The molecule has 1 aromatic heterocycles. The van der Waals surface area contributed by atoms with Crippen LogP contribution in [0.5, 0.6) is 0 Å². The molecule has 8 heteroatoms. The van der Waals surface area contributed by atoms with Gasteiger partial charge in [-0.15, -0.1) is 0 Å². The Kier molecular flexibility index (Phi) is 6.13. The molecule has 0 aliphatic carbocycles. The summed E-state index contributed by atoms with van der Waals surface area (Å²) in [5.74, 6) is 1.77. The maximum absolute atomic E-state index is 12.8. The van der Waals surface area contributed by atoms with Crippen LogP contribution in [-0.2, 0) is 9.47 Å². The number of carbonyl (C=O) groups is 1. The molecule has 30 heavy (non-hydrogen) atoms. The molecule has 166 valence electrons. The lowest BCUT2D eigenvalue weighted by atomic mass is 9.75. The smallest absolute Gasteiger partial charge is 0.410 e. The van der Waals surface area contributed by atoms with Crippen molar-refractivity contribution in [1.82, 2.24) is 14.9 Å². The molecule has 0 radical (unpaired) electrons. The van der Waals surface area contributed by atoms with E-state index >= 15 is 0 Å². The molecule has 2 unspecified atom stereocenters. The molecular formula is C22H33ClN4O3. The molecule has 4 atom stereocenters. The number of aromatic nitrogens is 2. The topological polar surface area (TPSA) is 67.8 Å². The fourth-order valence-corrected chi connectivity index (χ4v) is 5.65. The van der Waals surface area contributed by atoms with Gasteiger partial charge in [-0.25, -0.2) is 14.8 Å². The van der Waals surface area contributed by atoms with Crippen molar-refractivity contribution in [3.8, 4) is 0 Å². The van der Waals surface area contributed by atoms with Crippen LogP contribution in [0, 0.1) is 11.8 Å². The predicted octanol–water partition coefficient (Wildman–Crippen LogP) is 4.15. The van der Waals surface area contributed by atoms with Crippen LogP contribution in [0.15, 0.2) is 12.4 Å². The number of methoxy groups -OCH3 is 1. The third kappa shape index (κ3) is 4.52. The van der Waals surface area contributed by atoms with Crippen molar-refractivity contribution in [2.24, 2.45) is 11.8 Å². The van der Waals surface area contributed by atoms with Gasteiger partial charge in [0.25, 0.3) is 0 Å². The molecule has 7 nitrogen and oxygen atoms in total. The lowest BCUT2D eigenvalue weighted by Gasteiger charge is -2.46. The third-order valence-corrected chi connectivity index (χ3v) is 6.98. The minimum Gasteiger partial charge on any atom is -0.444 e. The van der Waals surface area contributed by atoms with Crippen LogP contribution in [0.2, 0.25) is 5.02 Å². The largest absolute Gasteiger partial charge is 0.444 e. The van der Waals surface area contributed by atoms with Gasteiger partial charge in [0.15, 0.2) is 0 Å². The average molecular weight is 437 g/mol. The van der Waals surface area contributed by atoms with E-state index in [1.165, 1.54) is 0 Å². The summed E-state index contributed by atoms with van der Waals surface area (Å²) in [4.78, 5) is 25.7. The number of halogens is 1. The number of rotatable bonds is 3. The summed E-state index contributed by atoms with van der Waals surface area (Å²) in [7, 11) is 1.80. The Bertz CT molecular complexity index is 740. The quantitative estimate of drug-likeness (QED) is 0.709. The van der Waals surface area contributed by atoms with Crippen molar-refractivity contribution >= 4 is 23.6 Å². The van der Waals surface area contributed by atoms with Crippen LogP contribution >= 0.6 is 11.6 Å². The van der Waals surface area contributed by atoms with Crippen molar-refractivity contribution in [2.75, 3.05) is 25.1 Å². The van der Waals surface area contributed by atoms with E-state index < -0.39 is 5.60 Å². The fraction of sp³-hybridized carbons (Fsp3) is 0.773. The average Bonchev–Trinajstić information content (AvgIpc) is 2.97. The van der Waals surface area contributed by atoms with Gasteiger partial charge in [-0.1, -0.05) is 11.6 Å². The monoisotopic (exact) mass is 436 g/mol. The Balaban J connectivity index is 1.41. The summed E-state index contributed by atoms with van der Waals surface area (Å²) in [6, 6.07) is 0.581. The molecule has 0 saturated carbocycles. The first-order valence-electron chi connectivity index (χ1n) is 11.0. The van der Waals surface area contributed by atoms with Crippen LogP contribution in [0.3, 0.4) is 0 Å².